The molecule has 0 aliphatic heterocycles. The summed E-state index contributed by atoms with van der Waals surface area (Å²) in [5.41, 5.74) is 4.27. The Kier molecular flexibility index (Phi) is 11.3. The van der Waals surface area contributed by atoms with Crippen LogP contribution >= 0.6 is 11.6 Å². The fourth-order valence-electron chi connectivity index (χ4n) is 3.92. The summed E-state index contributed by atoms with van der Waals surface area (Å²) < 4.78 is 39.0. The van der Waals surface area contributed by atoms with E-state index >= 15 is 0 Å². The van der Waals surface area contributed by atoms with Crippen LogP contribution in [0.25, 0.3) is 0 Å². The topological polar surface area (TPSA) is 126 Å². The van der Waals surface area contributed by atoms with Crippen LogP contribution in [0, 0.1) is 0 Å². The van der Waals surface area contributed by atoms with E-state index in [1.807, 2.05) is 37.3 Å². The Balaban J connectivity index is 1.34. The van der Waals surface area contributed by atoms with Gasteiger partial charge in [0.1, 0.15) is 18.0 Å². The van der Waals surface area contributed by atoms with Gasteiger partial charge in [-0.25, -0.2) is 13.8 Å². The zero-order valence-corrected chi connectivity index (χ0v) is 25.4. The largest absolute Gasteiger partial charge is 0.494 e. The highest BCUT2D eigenvalue weighted by Crippen LogP contribution is 2.26. The van der Waals surface area contributed by atoms with Crippen LogP contribution < -0.4 is 24.5 Å². The van der Waals surface area contributed by atoms with Crippen molar-refractivity contribution in [2.45, 2.75) is 18.4 Å². The van der Waals surface area contributed by atoms with Crippen LogP contribution in [0.4, 0.5) is 5.69 Å². The summed E-state index contributed by atoms with van der Waals surface area (Å²) in [6, 6.07) is 28.3. The molecule has 44 heavy (non-hydrogen) atoms. The Labute approximate surface area is 261 Å². The van der Waals surface area contributed by atoms with Gasteiger partial charge in [-0.3, -0.25) is 13.9 Å². The molecule has 0 saturated heterocycles. The number of carbonyl (C=O) groups is 2. The summed E-state index contributed by atoms with van der Waals surface area (Å²) in [5.74, 6) is 0.144. The highest BCUT2D eigenvalue weighted by atomic mass is 35.5. The molecule has 0 atom stereocenters. The molecular weight excluding hydrogens is 604 g/mol. The maximum Gasteiger partial charge on any atom is 0.264 e. The lowest BCUT2D eigenvalue weighted by Gasteiger charge is -2.24. The lowest BCUT2D eigenvalue weighted by Crippen LogP contribution is -2.39. The Morgan fingerprint density at radius 3 is 2.14 bits per heavy atom. The summed E-state index contributed by atoms with van der Waals surface area (Å²) >= 11 is 5.94. The monoisotopic (exact) mass is 634 g/mol. The molecule has 0 bridgehead atoms. The number of carbonyl (C=O) groups excluding carboxylic acids is 2. The molecular formula is C32H31ClN4O6S. The molecule has 0 heterocycles. The fraction of sp³-hybridized carbons (Fsp3) is 0.156. The van der Waals surface area contributed by atoms with Gasteiger partial charge < -0.3 is 14.8 Å². The maximum absolute atomic E-state index is 13.5. The van der Waals surface area contributed by atoms with Crippen molar-refractivity contribution in [2.75, 3.05) is 24.1 Å². The summed E-state index contributed by atoms with van der Waals surface area (Å²) in [4.78, 5) is 24.9. The van der Waals surface area contributed by atoms with E-state index < -0.39 is 22.5 Å². The second-order valence-corrected chi connectivity index (χ2v) is 11.6. The average molecular weight is 635 g/mol. The van der Waals surface area contributed by atoms with Gasteiger partial charge in [0.05, 0.1) is 23.4 Å². The molecule has 4 aromatic carbocycles. The molecule has 2 N–H and O–H groups in total. The minimum atomic E-state index is -4.12. The lowest BCUT2D eigenvalue weighted by molar-refractivity contribution is -0.123. The molecule has 0 fully saturated rings. The predicted octanol–water partition coefficient (Wildman–Crippen LogP) is 4.78. The molecule has 12 heteroatoms. The molecule has 228 valence electrons. The van der Waals surface area contributed by atoms with Crippen molar-refractivity contribution >= 4 is 45.3 Å². The van der Waals surface area contributed by atoms with Crippen LogP contribution in [0.1, 0.15) is 18.1 Å². The smallest absolute Gasteiger partial charge is 0.264 e. The Morgan fingerprint density at radius 2 is 1.48 bits per heavy atom. The number of nitrogens with one attached hydrogen (secondary N) is 2. The van der Waals surface area contributed by atoms with Crippen molar-refractivity contribution in [3.63, 3.8) is 0 Å². The highest BCUT2D eigenvalue weighted by Gasteiger charge is 2.27. The van der Waals surface area contributed by atoms with E-state index in [9.17, 15) is 18.0 Å². The second kappa shape index (κ2) is 15.6. The Bertz CT molecular complexity index is 1670. The van der Waals surface area contributed by atoms with Crippen molar-refractivity contribution in [3.8, 4) is 11.5 Å². The number of anilines is 1. The summed E-state index contributed by atoms with van der Waals surface area (Å²) in [7, 11) is -4.12. The number of hydrazone groups is 1. The van der Waals surface area contributed by atoms with E-state index in [0.29, 0.717) is 35.2 Å². The summed E-state index contributed by atoms with van der Waals surface area (Å²) in [6.07, 6.45) is 1.41. The van der Waals surface area contributed by atoms with E-state index in [4.69, 9.17) is 21.1 Å². The van der Waals surface area contributed by atoms with Crippen LogP contribution in [0.2, 0.25) is 5.02 Å². The first-order valence-electron chi connectivity index (χ1n) is 13.6. The molecule has 0 aromatic heterocycles. The van der Waals surface area contributed by atoms with Gasteiger partial charge in [-0.2, -0.15) is 5.10 Å². The van der Waals surface area contributed by atoms with E-state index in [2.05, 4.69) is 15.8 Å². The number of hydrogen-bond donors (Lipinski definition) is 2. The van der Waals surface area contributed by atoms with Crippen molar-refractivity contribution in [1.82, 2.24) is 10.7 Å². The number of rotatable bonds is 14. The lowest BCUT2D eigenvalue weighted by atomic mass is 10.2. The Hall–Kier alpha value is -4.87. The number of amides is 2. The minimum Gasteiger partial charge on any atom is -0.494 e. The number of hydrogen-bond acceptors (Lipinski definition) is 7. The van der Waals surface area contributed by atoms with Crippen molar-refractivity contribution < 1.29 is 27.5 Å². The number of ether oxygens (including phenoxy) is 2. The zero-order chi connectivity index (χ0) is 31.4. The molecule has 4 rings (SSSR count). The van der Waals surface area contributed by atoms with Gasteiger partial charge in [-0.15, -0.1) is 0 Å². The maximum atomic E-state index is 13.5. The third kappa shape index (κ3) is 9.32. The van der Waals surface area contributed by atoms with Gasteiger partial charge in [-0.05, 0) is 90.8 Å². The first-order valence-corrected chi connectivity index (χ1v) is 15.4. The normalized spacial score (nSPS) is 11.1. The first-order chi connectivity index (χ1) is 21.2. The quantitative estimate of drug-likeness (QED) is 0.152. The number of sulfonamides is 1. The molecule has 10 nitrogen and oxygen atoms in total. The SMILES string of the molecule is CCOc1ccc(N(CC(=O)N/N=C\c2ccc(OCC(=O)NCc3ccccc3)cc2)S(=O)(=O)c2ccc(Cl)cc2)cc1. The summed E-state index contributed by atoms with van der Waals surface area (Å²) in [5, 5.41) is 7.14. The molecule has 4 aromatic rings. The number of halogens is 1. The third-order valence-electron chi connectivity index (χ3n) is 6.11. The van der Waals surface area contributed by atoms with Crippen LogP contribution in [0.3, 0.4) is 0 Å². The summed E-state index contributed by atoms with van der Waals surface area (Å²) in [6.45, 7) is 2.03. The van der Waals surface area contributed by atoms with Crippen LogP contribution in [-0.4, -0.2) is 46.2 Å². The second-order valence-electron chi connectivity index (χ2n) is 9.31. The molecule has 0 spiro atoms. The average Bonchev–Trinajstić information content (AvgIpc) is 3.03. The molecule has 0 aliphatic carbocycles. The van der Waals surface area contributed by atoms with Crippen LogP contribution in [-0.2, 0) is 26.2 Å². The number of benzene rings is 4. The van der Waals surface area contributed by atoms with Crippen molar-refractivity contribution in [1.29, 1.82) is 0 Å². The molecule has 0 saturated carbocycles. The molecule has 0 radical (unpaired) electrons. The van der Waals surface area contributed by atoms with E-state index in [1.165, 1.54) is 30.5 Å². The molecule has 0 unspecified atom stereocenters. The van der Waals surface area contributed by atoms with Crippen molar-refractivity contribution in [3.05, 3.63) is 119 Å². The van der Waals surface area contributed by atoms with E-state index in [0.717, 1.165) is 9.87 Å². The van der Waals surface area contributed by atoms with Gasteiger partial charge in [-0.1, -0.05) is 41.9 Å². The zero-order valence-electron chi connectivity index (χ0n) is 23.9. The van der Waals surface area contributed by atoms with Gasteiger partial charge in [0, 0.05) is 11.6 Å². The molecule has 0 aliphatic rings. The van der Waals surface area contributed by atoms with E-state index in [1.54, 1.807) is 48.5 Å². The van der Waals surface area contributed by atoms with Gasteiger partial charge in [0.15, 0.2) is 6.61 Å². The van der Waals surface area contributed by atoms with Crippen LogP contribution in [0.5, 0.6) is 11.5 Å². The minimum absolute atomic E-state index is 0.0249. The predicted molar refractivity (Wildman–Crippen MR) is 170 cm³/mol. The van der Waals surface area contributed by atoms with Crippen molar-refractivity contribution in [2.24, 2.45) is 5.10 Å². The fourth-order valence-corrected chi connectivity index (χ4v) is 5.46. The first kappa shape index (κ1) is 32.1. The molecule has 2 amide bonds. The standard InChI is InChI=1S/C32H31ClN4O6S/c1-2-42-28-16-12-27(13-17-28)37(44(40,41)30-18-10-26(33)11-19-30)22-31(38)36-35-21-25-8-14-29(15-9-25)43-23-32(39)34-20-24-6-4-3-5-7-24/h3-19,21H,2,20,22-23H2,1H3,(H,34,39)(H,36,38)/b35-21-. The van der Waals surface area contributed by atoms with Gasteiger partial charge >= 0.3 is 0 Å². The van der Waals surface area contributed by atoms with E-state index in [-0.39, 0.29) is 23.1 Å². The van der Waals surface area contributed by atoms with Crippen LogP contribution in [0.15, 0.2) is 113 Å². The Morgan fingerprint density at radius 1 is 0.841 bits per heavy atom. The highest BCUT2D eigenvalue weighted by molar-refractivity contribution is 7.92. The van der Waals surface area contributed by atoms with Gasteiger partial charge in [0.2, 0.25) is 0 Å². The van der Waals surface area contributed by atoms with Gasteiger partial charge in [0.25, 0.3) is 21.8 Å². The number of nitrogens with zero attached hydrogens (tertiary/aromatic N) is 2. The third-order valence-corrected chi connectivity index (χ3v) is 8.15.